The van der Waals surface area contributed by atoms with E-state index in [-0.39, 0.29) is 6.79 Å². The zero-order valence-electron chi connectivity index (χ0n) is 14.2. The molecule has 1 aliphatic rings. The zero-order valence-corrected chi connectivity index (χ0v) is 15.0. The molecule has 0 fully saturated rings. The van der Waals surface area contributed by atoms with Crippen molar-refractivity contribution in [2.45, 2.75) is 6.54 Å². The molecule has 0 aliphatic carbocycles. The van der Waals surface area contributed by atoms with E-state index in [2.05, 4.69) is 20.3 Å². The van der Waals surface area contributed by atoms with Gasteiger partial charge in [-0.15, -0.1) is 0 Å². The Labute approximate surface area is 160 Å². The van der Waals surface area contributed by atoms with Gasteiger partial charge < -0.3 is 19.8 Å². The summed E-state index contributed by atoms with van der Waals surface area (Å²) >= 11 is 6.26. The SMILES string of the molecule is Clc1cc(-c2c[nH]c3ncccc23)cc(NCc2ccc3c(c2)OCO3)n1. The van der Waals surface area contributed by atoms with E-state index in [1.807, 2.05) is 48.7 Å². The highest BCUT2D eigenvalue weighted by atomic mass is 35.5. The van der Waals surface area contributed by atoms with Crippen LogP contribution in [0.25, 0.3) is 22.2 Å². The van der Waals surface area contributed by atoms with Crippen LogP contribution in [0.4, 0.5) is 5.82 Å². The van der Waals surface area contributed by atoms with Crippen molar-refractivity contribution in [2.24, 2.45) is 0 Å². The van der Waals surface area contributed by atoms with Crippen LogP contribution in [0.3, 0.4) is 0 Å². The predicted octanol–water partition coefficient (Wildman–Crippen LogP) is 4.62. The number of anilines is 1. The summed E-state index contributed by atoms with van der Waals surface area (Å²) in [6.07, 6.45) is 3.70. The maximum absolute atomic E-state index is 6.26. The molecular formula is C20H15ClN4O2. The van der Waals surface area contributed by atoms with Crippen LogP contribution in [-0.2, 0) is 6.54 Å². The zero-order chi connectivity index (χ0) is 18.2. The number of nitrogens with zero attached hydrogens (tertiary/aromatic N) is 2. The molecule has 2 N–H and O–H groups in total. The number of rotatable bonds is 4. The highest BCUT2D eigenvalue weighted by Crippen LogP contribution is 2.33. The molecule has 0 atom stereocenters. The van der Waals surface area contributed by atoms with Gasteiger partial charge in [-0.05, 0) is 47.5 Å². The number of benzene rings is 1. The standard InChI is InChI=1S/C20H15ClN4O2/c21-18-7-13(15-10-24-20-14(15)2-1-5-22-20)8-19(25-18)23-9-12-3-4-16-17(6-12)27-11-26-16/h1-8,10H,9,11H2,(H,22,24)(H,23,25). The first-order valence-corrected chi connectivity index (χ1v) is 8.86. The second-order valence-corrected chi connectivity index (χ2v) is 6.59. The molecule has 0 saturated carbocycles. The topological polar surface area (TPSA) is 72.1 Å². The Bertz CT molecular complexity index is 1140. The van der Waals surface area contributed by atoms with Crippen molar-refractivity contribution in [3.05, 3.63) is 65.6 Å². The van der Waals surface area contributed by atoms with Crippen LogP contribution >= 0.6 is 11.6 Å². The highest BCUT2D eigenvalue weighted by Gasteiger charge is 2.13. The van der Waals surface area contributed by atoms with Gasteiger partial charge in [-0.1, -0.05) is 17.7 Å². The molecule has 5 rings (SSSR count). The second-order valence-electron chi connectivity index (χ2n) is 6.21. The summed E-state index contributed by atoms with van der Waals surface area (Å²) in [6, 6.07) is 13.7. The molecular weight excluding hydrogens is 364 g/mol. The van der Waals surface area contributed by atoms with Gasteiger partial charge in [0.05, 0.1) is 0 Å². The molecule has 0 unspecified atom stereocenters. The van der Waals surface area contributed by atoms with E-state index in [1.54, 1.807) is 6.20 Å². The van der Waals surface area contributed by atoms with Crippen LogP contribution in [-0.4, -0.2) is 21.7 Å². The Morgan fingerprint density at radius 1 is 1.11 bits per heavy atom. The lowest BCUT2D eigenvalue weighted by atomic mass is 10.1. The number of aromatic amines is 1. The maximum Gasteiger partial charge on any atom is 0.231 e. The molecule has 0 radical (unpaired) electrons. The Morgan fingerprint density at radius 3 is 3.00 bits per heavy atom. The lowest BCUT2D eigenvalue weighted by molar-refractivity contribution is 0.174. The van der Waals surface area contributed by atoms with Gasteiger partial charge in [0.25, 0.3) is 0 Å². The molecule has 27 heavy (non-hydrogen) atoms. The van der Waals surface area contributed by atoms with E-state index in [1.165, 1.54) is 0 Å². The number of ether oxygens (including phenoxy) is 2. The van der Waals surface area contributed by atoms with Gasteiger partial charge in [0.2, 0.25) is 6.79 Å². The number of H-pyrrole nitrogens is 1. The van der Waals surface area contributed by atoms with Crippen molar-refractivity contribution in [1.82, 2.24) is 15.0 Å². The summed E-state index contributed by atoms with van der Waals surface area (Å²) in [7, 11) is 0. The van der Waals surface area contributed by atoms with Crippen molar-refractivity contribution in [2.75, 3.05) is 12.1 Å². The van der Waals surface area contributed by atoms with Crippen molar-refractivity contribution in [1.29, 1.82) is 0 Å². The van der Waals surface area contributed by atoms with Crippen LogP contribution < -0.4 is 14.8 Å². The largest absolute Gasteiger partial charge is 0.454 e. The first-order chi connectivity index (χ1) is 13.3. The van der Waals surface area contributed by atoms with Crippen molar-refractivity contribution < 1.29 is 9.47 Å². The molecule has 6 nitrogen and oxygen atoms in total. The average Bonchev–Trinajstić information content (AvgIpc) is 3.32. The van der Waals surface area contributed by atoms with Crippen LogP contribution in [0.2, 0.25) is 5.15 Å². The van der Waals surface area contributed by atoms with Gasteiger partial charge >= 0.3 is 0 Å². The quantitative estimate of drug-likeness (QED) is 0.507. The number of hydrogen-bond acceptors (Lipinski definition) is 5. The summed E-state index contributed by atoms with van der Waals surface area (Å²) in [5, 5.41) is 4.80. The molecule has 7 heteroatoms. The Hall–Kier alpha value is -3.25. The van der Waals surface area contributed by atoms with E-state index >= 15 is 0 Å². The highest BCUT2D eigenvalue weighted by molar-refractivity contribution is 6.29. The number of halogens is 1. The minimum Gasteiger partial charge on any atom is -0.454 e. The van der Waals surface area contributed by atoms with Crippen molar-refractivity contribution in [3.63, 3.8) is 0 Å². The number of nitrogens with one attached hydrogen (secondary N) is 2. The predicted molar refractivity (Wildman–Crippen MR) is 104 cm³/mol. The lowest BCUT2D eigenvalue weighted by Gasteiger charge is -2.09. The van der Waals surface area contributed by atoms with Gasteiger partial charge in [0.1, 0.15) is 16.6 Å². The van der Waals surface area contributed by atoms with Crippen LogP contribution in [0.1, 0.15) is 5.56 Å². The van der Waals surface area contributed by atoms with Crippen molar-refractivity contribution >= 4 is 28.5 Å². The second kappa shape index (κ2) is 6.48. The Morgan fingerprint density at radius 2 is 2.04 bits per heavy atom. The Balaban J connectivity index is 1.42. The van der Waals surface area contributed by atoms with Gasteiger partial charge in [-0.3, -0.25) is 0 Å². The molecule has 1 aliphatic heterocycles. The molecule has 0 saturated heterocycles. The normalized spacial score (nSPS) is 12.5. The number of pyridine rings is 2. The summed E-state index contributed by atoms with van der Waals surface area (Å²) in [4.78, 5) is 11.9. The molecule has 3 aromatic heterocycles. The lowest BCUT2D eigenvalue weighted by Crippen LogP contribution is -2.01. The third kappa shape index (κ3) is 3.04. The molecule has 1 aromatic carbocycles. The first-order valence-electron chi connectivity index (χ1n) is 8.49. The van der Waals surface area contributed by atoms with E-state index in [0.717, 1.165) is 39.2 Å². The van der Waals surface area contributed by atoms with Gasteiger partial charge in [-0.25, -0.2) is 9.97 Å². The summed E-state index contributed by atoms with van der Waals surface area (Å²) in [5.74, 6) is 2.24. The molecule has 134 valence electrons. The molecule has 4 heterocycles. The van der Waals surface area contributed by atoms with E-state index in [4.69, 9.17) is 21.1 Å². The summed E-state index contributed by atoms with van der Waals surface area (Å²) in [5.41, 5.74) is 3.92. The van der Waals surface area contributed by atoms with E-state index in [9.17, 15) is 0 Å². The molecule has 0 spiro atoms. The molecule has 4 aromatic rings. The average molecular weight is 379 g/mol. The third-order valence-electron chi connectivity index (χ3n) is 4.47. The minimum atomic E-state index is 0.269. The minimum absolute atomic E-state index is 0.269. The monoisotopic (exact) mass is 378 g/mol. The van der Waals surface area contributed by atoms with Gasteiger partial charge in [0.15, 0.2) is 11.5 Å². The molecule has 0 amide bonds. The van der Waals surface area contributed by atoms with Crippen LogP contribution in [0.15, 0.2) is 54.9 Å². The number of aromatic nitrogens is 3. The van der Waals surface area contributed by atoms with Crippen LogP contribution in [0, 0.1) is 0 Å². The van der Waals surface area contributed by atoms with Gasteiger partial charge in [-0.2, -0.15) is 0 Å². The maximum atomic E-state index is 6.26. The van der Waals surface area contributed by atoms with Crippen molar-refractivity contribution in [3.8, 4) is 22.6 Å². The fourth-order valence-electron chi connectivity index (χ4n) is 3.18. The van der Waals surface area contributed by atoms with Crippen LogP contribution in [0.5, 0.6) is 11.5 Å². The number of hydrogen-bond donors (Lipinski definition) is 2. The Kier molecular flexibility index (Phi) is 3.83. The fourth-order valence-corrected chi connectivity index (χ4v) is 3.39. The summed E-state index contributed by atoms with van der Waals surface area (Å²) < 4.78 is 10.8. The first kappa shape index (κ1) is 16.0. The van der Waals surface area contributed by atoms with E-state index in [0.29, 0.717) is 17.5 Å². The van der Waals surface area contributed by atoms with E-state index < -0.39 is 0 Å². The summed E-state index contributed by atoms with van der Waals surface area (Å²) in [6.45, 7) is 0.865. The number of fused-ring (bicyclic) bond motifs is 2. The fraction of sp³-hybridized carbons (Fsp3) is 0.100. The van der Waals surface area contributed by atoms with Gasteiger partial charge in [0, 0.05) is 29.9 Å². The smallest absolute Gasteiger partial charge is 0.231 e. The molecule has 0 bridgehead atoms. The third-order valence-corrected chi connectivity index (χ3v) is 4.66.